The lowest BCUT2D eigenvalue weighted by molar-refractivity contribution is -0.527. The summed E-state index contributed by atoms with van der Waals surface area (Å²) < 4.78 is 1.97. The van der Waals surface area contributed by atoms with Gasteiger partial charge in [0, 0.05) is 13.6 Å². The number of rotatable bonds is 5. The normalized spacial score (nSPS) is 23.5. The summed E-state index contributed by atoms with van der Waals surface area (Å²) in [5.41, 5.74) is 0.945. The molecule has 8 nitrogen and oxygen atoms in total. The molecule has 0 aromatic rings. The predicted molar refractivity (Wildman–Crippen MR) is 91.2 cm³/mol. The summed E-state index contributed by atoms with van der Waals surface area (Å²) in [6.07, 6.45) is 2.79. The third-order valence-electron chi connectivity index (χ3n) is 4.48. The van der Waals surface area contributed by atoms with Crippen LogP contribution in [0, 0.1) is 0 Å². The maximum absolute atomic E-state index is 12.9. The van der Waals surface area contributed by atoms with Gasteiger partial charge in [0.2, 0.25) is 11.9 Å². The van der Waals surface area contributed by atoms with Crippen molar-refractivity contribution in [1.29, 1.82) is 0 Å². The molecule has 0 aliphatic carbocycles. The monoisotopic (exact) mass is 333 g/mol. The first-order valence-electron chi connectivity index (χ1n) is 8.62. The molecular weight excluding hydrogens is 308 g/mol. The average Bonchev–Trinajstić information content (AvgIpc) is 2.94. The number of urea groups is 1. The molecule has 0 spiro atoms. The highest BCUT2D eigenvalue weighted by Gasteiger charge is 2.54. The molecule has 3 amide bonds. The summed E-state index contributed by atoms with van der Waals surface area (Å²) in [4.78, 5) is 32.8. The quantitative estimate of drug-likeness (QED) is 0.703. The van der Waals surface area contributed by atoms with Gasteiger partial charge in [-0.3, -0.25) is 14.6 Å². The molecule has 8 heteroatoms. The van der Waals surface area contributed by atoms with Gasteiger partial charge in [0.1, 0.15) is 6.54 Å². The third-order valence-corrected chi connectivity index (χ3v) is 4.48. The van der Waals surface area contributed by atoms with Crippen molar-refractivity contribution < 1.29 is 14.2 Å². The molecule has 0 bridgehead atoms. The molecule has 1 fully saturated rings. The lowest BCUT2D eigenvalue weighted by Crippen LogP contribution is -2.63. The van der Waals surface area contributed by atoms with E-state index in [0.717, 1.165) is 31.5 Å². The van der Waals surface area contributed by atoms with Crippen molar-refractivity contribution in [2.45, 2.75) is 46.1 Å². The van der Waals surface area contributed by atoms with Gasteiger partial charge in [-0.2, -0.15) is 0 Å². The minimum atomic E-state index is -0.524. The number of carbonyl (C=O) groups is 2. The SMILES string of the molecule is CCCCN1N=C(C)C[N+]2=C1N=C1C2C(=O)N(CCC)C(=O)N1C. The van der Waals surface area contributed by atoms with Crippen LogP contribution < -0.4 is 0 Å². The number of guanidine groups is 1. The zero-order valence-electron chi connectivity index (χ0n) is 14.8. The van der Waals surface area contributed by atoms with Crippen LogP contribution in [-0.2, 0) is 4.79 Å². The first-order chi connectivity index (χ1) is 11.5. The Balaban J connectivity index is 1.97. The maximum atomic E-state index is 12.9. The molecule has 3 aliphatic heterocycles. The van der Waals surface area contributed by atoms with E-state index in [1.807, 2.05) is 23.4 Å². The highest BCUT2D eigenvalue weighted by atomic mass is 16.2. The van der Waals surface area contributed by atoms with Crippen molar-refractivity contribution in [3.05, 3.63) is 0 Å². The second-order valence-electron chi connectivity index (χ2n) is 6.44. The van der Waals surface area contributed by atoms with Crippen LogP contribution in [0.2, 0.25) is 0 Å². The van der Waals surface area contributed by atoms with E-state index in [0.29, 0.717) is 24.9 Å². The van der Waals surface area contributed by atoms with E-state index >= 15 is 0 Å². The largest absolute Gasteiger partial charge is 0.416 e. The van der Waals surface area contributed by atoms with Crippen molar-refractivity contribution >= 4 is 29.4 Å². The number of nitrogens with zero attached hydrogens (tertiary/aromatic N) is 6. The Labute approximate surface area is 142 Å². The van der Waals surface area contributed by atoms with E-state index in [1.165, 1.54) is 9.80 Å². The van der Waals surface area contributed by atoms with Gasteiger partial charge in [-0.15, -0.1) is 10.1 Å². The molecule has 0 N–H and O–H groups in total. The molecule has 1 saturated heterocycles. The number of imide groups is 1. The van der Waals surface area contributed by atoms with Crippen molar-refractivity contribution in [3.63, 3.8) is 0 Å². The average molecular weight is 333 g/mol. The molecule has 0 aromatic carbocycles. The van der Waals surface area contributed by atoms with Gasteiger partial charge in [0.05, 0.1) is 12.3 Å². The molecular formula is C16H25N6O2+. The van der Waals surface area contributed by atoms with Crippen LogP contribution in [0.1, 0.15) is 40.0 Å². The summed E-state index contributed by atoms with van der Waals surface area (Å²) in [5, 5.41) is 6.45. The number of hydrogen-bond donors (Lipinski definition) is 0. The van der Waals surface area contributed by atoms with Crippen molar-refractivity contribution in [1.82, 2.24) is 14.8 Å². The van der Waals surface area contributed by atoms with E-state index in [2.05, 4.69) is 17.0 Å². The van der Waals surface area contributed by atoms with Crippen molar-refractivity contribution in [2.24, 2.45) is 10.1 Å². The Morgan fingerprint density at radius 1 is 1.21 bits per heavy atom. The second kappa shape index (κ2) is 6.33. The number of aliphatic imine (C=N–C) groups is 1. The van der Waals surface area contributed by atoms with E-state index in [9.17, 15) is 9.59 Å². The van der Waals surface area contributed by atoms with Gasteiger partial charge in [-0.1, -0.05) is 25.3 Å². The summed E-state index contributed by atoms with van der Waals surface area (Å²) in [6, 6.07) is -0.820. The Kier molecular flexibility index (Phi) is 4.38. The van der Waals surface area contributed by atoms with Crippen LogP contribution in [-0.4, -0.2) is 81.6 Å². The number of hydrazone groups is 1. The van der Waals surface area contributed by atoms with Gasteiger partial charge in [0.25, 0.3) is 5.91 Å². The summed E-state index contributed by atoms with van der Waals surface area (Å²) in [7, 11) is 1.69. The summed E-state index contributed by atoms with van der Waals surface area (Å²) in [6.45, 7) is 7.79. The fourth-order valence-corrected chi connectivity index (χ4v) is 3.29. The van der Waals surface area contributed by atoms with Crippen LogP contribution in [0.25, 0.3) is 0 Å². The van der Waals surface area contributed by atoms with Crippen LogP contribution in [0.5, 0.6) is 0 Å². The number of amidine groups is 1. The minimum Gasteiger partial charge on any atom is -0.270 e. The lowest BCUT2D eigenvalue weighted by Gasteiger charge is -2.34. The van der Waals surface area contributed by atoms with Crippen LogP contribution >= 0.6 is 0 Å². The zero-order chi connectivity index (χ0) is 17.4. The molecule has 3 aliphatic rings. The number of likely N-dealkylation sites (N-methyl/N-ethyl adjacent to an activating group) is 1. The molecule has 130 valence electrons. The summed E-state index contributed by atoms with van der Waals surface area (Å²) in [5.74, 6) is 1.01. The van der Waals surface area contributed by atoms with E-state index in [4.69, 9.17) is 0 Å². The minimum absolute atomic E-state index is 0.182. The van der Waals surface area contributed by atoms with Crippen LogP contribution in [0.4, 0.5) is 4.79 Å². The molecule has 0 saturated carbocycles. The first kappa shape index (κ1) is 16.6. The number of amides is 3. The van der Waals surface area contributed by atoms with Gasteiger partial charge >= 0.3 is 12.0 Å². The second-order valence-corrected chi connectivity index (χ2v) is 6.44. The lowest BCUT2D eigenvalue weighted by atomic mass is 10.1. The molecule has 1 unspecified atom stereocenters. The maximum Gasteiger partial charge on any atom is 0.416 e. The first-order valence-corrected chi connectivity index (χ1v) is 8.62. The molecule has 24 heavy (non-hydrogen) atoms. The molecule has 3 heterocycles. The fraction of sp³-hybridized carbons (Fsp3) is 0.688. The Bertz CT molecular complexity index is 665. The number of unbranched alkanes of at least 4 members (excludes halogenated alkanes) is 1. The number of carbonyl (C=O) groups excluding carboxylic acids is 2. The molecule has 1 atom stereocenters. The Morgan fingerprint density at radius 2 is 1.96 bits per heavy atom. The van der Waals surface area contributed by atoms with Gasteiger partial charge < -0.3 is 0 Å². The zero-order valence-corrected chi connectivity index (χ0v) is 14.8. The Morgan fingerprint density at radius 3 is 2.62 bits per heavy atom. The smallest absolute Gasteiger partial charge is 0.270 e. The highest BCUT2D eigenvalue weighted by molar-refractivity contribution is 6.23. The molecule has 0 radical (unpaired) electrons. The highest BCUT2D eigenvalue weighted by Crippen LogP contribution is 2.23. The summed E-state index contributed by atoms with van der Waals surface area (Å²) >= 11 is 0. The van der Waals surface area contributed by atoms with Crippen molar-refractivity contribution in [2.75, 3.05) is 26.7 Å². The predicted octanol–water partition coefficient (Wildman–Crippen LogP) is 0.931. The van der Waals surface area contributed by atoms with E-state index in [1.54, 1.807) is 7.05 Å². The van der Waals surface area contributed by atoms with E-state index in [-0.39, 0.29) is 11.9 Å². The topological polar surface area (TPSA) is 71.6 Å². The number of fused-ring (bicyclic) bond motifs is 2. The van der Waals surface area contributed by atoms with Gasteiger partial charge in [0.15, 0.2) is 0 Å². The third kappa shape index (κ3) is 2.50. The van der Waals surface area contributed by atoms with Gasteiger partial charge in [-0.05, 0) is 19.8 Å². The fourth-order valence-electron chi connectivity index (χ4n) is 3.29. The van der Waals surface area contributed by atoms with Crippen molar-refractivity contribution in [3.8, 4) is 0 Å². The van der Waals surface area contributed by atoms with Crippen LogP contribution in [0.15, 0.2) is 10.1 Å². The van der Waals surface area contributed by atoms with E-state index < -0.39 is 6.04 Å². The van der Waals surface area contributed by atoms with Crippen LogP contribution in [0.3, 0.4) is 0 Å². The molecule has 0 aromatic heterocycles. The Hall–Kier alpha value is -2.25. The standard InChI is InChI=1S/C16H25N6O2/c1-5-7-9-22-15-17-13-12(21(15)10-11(3)18-22)14(23)20(8-6-2)16(24)19(13)4/h12H,5-10H2,1-4H3/q+1. The van der Waals surface area contributed by atoms with Gasteiger partial charge in [-0.25, -0.2) is 9.37 Å². The number of hydrogen-bond acceptors (Lipinski definition) is 5. The molecule has 3 rings (SSSR count).